The van der Waals surface area contributed by atoms with Crippen molar-refractivity contribution in [1.29, 1.82) is 0 Å². The van der Waals surface area contributed by atoms with Crippen LogP contribution < -0.4 is 36.3 Å². The van der Waals surface area contributed by atoms with Gasteiger partial charge >= 0.3 is 149 Å². The molecular formula is C46H78AsN10O18S+. The van der Waals surface area contributed by atoms with Gasteiger partial charge in [-0.3, -0.25) is 43.4 Å². The fraction of sp³-hybridized carbons (Fsp3) is 0.696. The first-order valence-corrected chi connectivity index (χ1v) is 29.0. The molecule has 430 valence electrons. The van der Waals surface area contributed by atoms with Crippen molar-refractivity contribution in [1.82, 2.24) is 41.3 Å². The zero-order valence-electron chi connectivity index (χ0n) is 42.6. The van der Waals surface area contributed by atoms with Crippen molar-refractivity contribution >= 4 is 84.5 Å². The van der Waals surface area contributed by atoms with Crippen LogP contribution >= 0.6 is 11.8 Å². The molecule has 0 bridgehead atoms. The molecule has 3 rings (SSSR count). The Labute approximate surface area is 450 Å². The van der Waals surface area contributed by atoms with E-state index in [2.05, 4.69) is 31.9 Å². The Bertz CT molecular complexity index is 2000. The molecule has 2 fully saturated rings. The number of nitrogens with one attached hydrogen (secondary N) is 6. The first kappa shape index (κ1) is 65.7. The van der Waals surface area contributed by atoms with E-state index in [1.165, 1.54) is 24.3 Å². The number of thioether (sulfide) groups is 1. The van der Waals surface area contributed by atoms with Gasteiger partial charge in [-0.1, -0.05) is 12.8 Å². The number of hydrogen-bond acceptors (Lipinski definition) is 20. The third kappa shape index (κ3) is 27.1. The van der Waals surface area contributed by atoms with E-state index in [1.54, 1.807) is 0 Å². The Morgan fingerprint density at radius 3 is 1.74 bits per heavy atom. The Kier molecular flexibility index (Phi) is 30.9. The topological polar surface area (TPSA) is 410 Å². The molecule has 0 saturated carbocycles. The van der Waals surface area contributed by atoms with Gasteiger partial charge in [0.25, 0.3) is 0 Å². The molecule has 1 aromatic rings. The van der Waals surface area contributed by atoms with Gasteiger partial charge in [0.05, 0.1) is 19.6 Å². The van der Waals surface area contributed by atoms with Crippen LogP contribution in [0.2, 0.25) is 0 Å². The maximum atomic E-state index is 13.0. The summed E-state index contributed by atoms with van der Waals surface area (Å²) < 4.78 is 24.6. The molecule has 15 N–H and O–H groups in total. The number of quaternary nitrogens is 1. The number of carboxylic acids is 2. The van der Waals surface area contributed by atoms with Crippen molar-refractivity contribution in [2.45, 2.75) is 95.3 Å². The van der Waals surface area contributed by atoms with Crippen molar-refractivity contribution in [2.24, 2.45) is 0 Å². The zero-order chi connectivity index (χ0) is 56.0. The average Bonchev–Trinajstić information content (AvgIpc) is 3.35. The van der Waals surface area contributed by atoms with Crippen LogP contribution in [0.5, 0.6) is 0 Å². The SMILES string of the molecule is O=C(O)CNC(=O)[C@H](CSCC(=O)Nc1ccc([As](O)O)cc1)NC(=O)CC[C@H](NC(=O)CCCCCNC(=O)CCCCCNC(=O)CN1CCN(CC(O)O)CCN(CC(O)O)CC[N+]2(CC1)COC2O)C(=O)O. The smallest absolute Gasteiger partial charge is 0.480 e. The Balaban J connectivity index is 1.29. The zero-order valence-corrected chi connectivity index (χ0v) is 45.3. The van der Waals surface area contributed by atoms with Crippen LogP contribution in [0, 0.1) is 0 Å². The minimum Gasteiger partial charge on any atom is -0.480 e. The minimum absolute atomic E-state index is 0.00876. The molecule has 2 saturated heterocycles. The molecule has 2 aliphatic rings. The van der Waals surface area contributed by atoms with Gasteiger partial charge in [0.15, 0.2) is 19.3 Å². The van der Waals surface area contributed by atoms with Crippen LogP contribution in [-0.4, -0.2) is 267 Å². The molecule has 2 aliphatic heterocycles. The number of amides is 6. The monoisotopic (exact) mass is 1170 g/mol. The fourth-order valence-electron chi connectivity index (χ4n) is 8.04. The second kappa shape index (κ2) is 35.7. The number of β-amino-alcohol motifs (C(OH)–C–C–N with tert-alkyl or cyclic N) is 4. The molecular weight excluding hydrogens is 1090 g/mol. The van der Waals surface area contributed by atoms with Gasteiger partial charge in [-0.15, -0.1) is 0 Å². The van der Waals surface area contributed by atoms with Gasteiger partial charge in [0.1, 0.15) is 12.6 Å². The quantitative estimate of drug-likeness (QED) is 0.0135. The van der Waals surface area contributed by atoms with Gasteiger partial charge in [-0.25, -0.2) is 9.28 Å². The number of carbonyl (C=O) groups is 8. The van der Waals surface area contributed by atoms with Gasteiger partial charge in [-0.2, -0.15) is 0 Å². The van der Waals surface area contributed by atoms with Crippen LogP contribution in [0.15, 0.2) is 24.3 Å². The maximum absolute atomic E-state index is 13.0. The second-order valence-electron chi connectivity index (χ2n) is 18.6. The number of carboxylic acid groups (broad SMARTS) is 2. The fourth-order valence-corrected chi connectivity index (χ4v) is 9.76. The first-order chi connectivity index (χ1) is 36.1. The van der Waals surface area contributed by atoms with Crippen molar-refractivity contribution < 1.29 is 91.5 Å². The van der Waals surface area contributed by atoms with E-state index in [-0.39, 0.29) is 73.4 Å². The summed E-state index contributed by atoms with van der Waals surface area (Å²) >= 11 is -2.12. The normalized spacial score (nSPS) is 18.7. The molecule has 6 amide bonds. The number of carbonyl (C=O) groups excluding carboxylic acids is 6. The van der Waals surface area contributed by atoms with Crippen molar-refractivity contribution in [3.8, 4) is 0 Å². The molecule has 76 heavy (non-hydrogen) atoms. The van der Waals surface area contributed by atoms with Gasteiger partial charge in [-0.05, 0) is 32.1 Å². The number of hydrogen-bond donors (Lipinski definition) is 15. The first-order valence-electron chi connectivity index (χ1n) is 25.2. The summed E-state index contributed by atoms with van der Waals surface area (Å²) in [5, 5.41) is 83.2. The molecule has 2 heterocycles. The van der Waals surface area contributed by atoms with Gasteiger partial charge < -0.3 is 51.7 Å². The minimum atomic E-state index is -3.07. The predicted octanol–water partition coefficient (Wildman–Crippen LogP) is -5.95. The number of ether oxygens (including phenoxy) is 1. The van der Waals surface area contributed by atoms with Crippen molar-refractivity contribution in [2.75, 3.05) is 115 Å². The van der Waals surface area contributed by atoms with Crippen molar-refractivity contribution in [3.63, 3.8) is 0 Å². The van der Waals surface area contributed by atoms with Crippen LogP contribution in [0.4, 0.5) is 5.69 Å². The molecule has 30 heteroatoms. The summed E-state index contributed by atoms with van der Waals surface area (Å²) in [4.78, 5) is 105. The molecule has 0 aliphatic carbocycles. The summed E-state index contributed by atoms with van der Waals surface area (Å²) in [6.45, 7) is 3.79. The Morgan fingerprint density at radius 1 is 0.658 bits per heavy atom. The summed E-state index contributed by atoms with van der Waals surface area (Å²) in [5.74, 6) is -6.05. The van der Waals surface area contributed by atoms with E-state index in [1.807, 2.05) is 14.7 Å². The number of aliphatic carboxylic acids is 2. The van der Waals surface area contributed by atoms with E-state index in [0.717, 1.165) is 11.8 Å². The van der Waals surface area contributed by atoms with E-state index in [4.69, 9.17) is 9.84 Å². The third-order valence-corrected chi connectivity index (χ3v) is 15.0. The molecule has 0 radical (unpaired) electrons. The Hall–Kier alpha value is -4.59. The summed E-state index contributed by atoms with van der Waals surface area (Å²) in [6, 6.07) is 3.18. The molecule has 2 unspecified atom stereocenters. The number of unbranched alkanes of at least 4 members (excludes halogenated alkanes) is 4. The number of aliphatic hydroxyl groups excluding tert-OH is 3. The number of rotatable bonds is 33. The average molecular weight is 1170 g/mol. The van der Waals surface area contributed by atoms with E-state index >= 15 is 0 Å². The number of nitrogens with zero attached hydrogens (tertiary/aromatic N) is 4. The summed E-state index contributed by atoms with van der Waals surface area (Å²) in [7, 11) is 0. The number of anilines is 1. The number of aliphatic hydroxyl groups is 5. The van der Waals surface area contributed by atoms with E-state index < -0.39 is 94.9 Å². The van der Waals surface area contributed by atoms with Crippen LogP contribution in [0.25, 0.3) is 0 Å². The standard InChI is InChI=1S/C46H77AsN10O18S/c58-36(7-3-1-6-16-49-39(61)26-55-19-17-54(27-42(65)66)18-20-56(28-43(67)68)22-24-57(23-21-55)31-75-46(57)72)48-15-5-2-4-8-37(59)52-34(45(70)71)13-14-38(60)53-35(44(69)50-25-41(63)64)29-76-30-40(62)51-33-11-9-32(10-12-33)47(73)74/h9-12,34-35,42-43,46,65-68,72-74H,1-8,13-31H2,(H7-,48,49,50,51,52,53,58,59,60,61,62,63,64,69,70,71)/p+1/t34-,35-,46?,57?/m0/s1. The molecule has 0 aromatic heterocycles. The third-order valence-electron chi connectivity index (χ3n) is 12.4. The van der Waals surface area contributed by atoms with Crippen LogP contribution in [-0.2, 0) is 43.1 Å². The molecule has 1 spiro atoms. The van der Waals surface area contributed by atoms with E-state index in [9.17, 15) is 77.2 Å². The van der Waals surface area contributed by atoms with Crippen LogP contribution in [0.1, 0.15) is 64.2 Å². The summed E-state index contributed by atoms with van der Waals surface area (Å²) in [5.41, 5.74) is 0.383. The molecule has 28 nitrogen and oxygen atoms in total. The molecule has 1 aromatic carbocycles. The molecule has 4 atom stereocenters. The van der Waals surface area contributed by atoms with Gasteiger partial charge in [0.2, 0.25) is 17.7 Å². The van der Waals surface area contributed by atoms with Crippen LogP contribution in [0.3, 0.4) is 0 Å². The Morgan fingerprint density at radius 2 is 1.20 bits per heavy atom. The van der Waals surface area contributed by atoms with Gasteiger partial charge in [0, 0.05) is 84.7 Å². The van der Waals surface area contributed by atoms with Crippen molar-refractivity contribution in [3.05, 3.63) is 24.3 Å². The number of benzene rings is 1. The summed E-state index contributed by atoms with van der Waals surface area (Å²) in [6.07, 6.45) is -1.24. The van der Waals surface area contributed by atoms with E-state index in [0.29, 0.717) is 114 Å². The second-order valence-corrected chi connectivity index (χ2v) is 21.9. The predicted molar refractivity (Wildman–Crippen MR) is 274 cm³/mol.